The first-order valence-electron chi connectivity index (χ1n) is 7.18. The number of rotatable bonds is 6. The molecule has 2 N–H and O–H groups in total. The van der Waals surface area contributed by atoms with Crippen LogP contribution in [0.3, 0.4) is 0 Å². The molecule has 0 aliphatic carbocycles. The Morgan fingerprint density at radius 2 is 2.19 bits per heavy atom. The summed E-state index contributed by atoms with van der Waals surface area (Å²) in [6.07, 6.45) is 1.72. The number of ether oxygens (including phenoxy) is 1. The summed E-state index contributed by atoms with van der Waals surface area (Å²) in [6, 6.07) is 8.24. The number of aryl methyl sites for hydroxylation is 2. The monoisotopic (exact) mass is 351 g/mol. The number of hydrogen-bond donors (Lipinski definition) is 1. The molecule has 0 aliphatic rings. The Hall–Kier alpha value is -1.33. The SMILES string of the molecule is CCc1cc(COc2c(Br)cccc2CC(C)N)n(C)n1. The Labute approximate surface area is 134 Å². The summed E-state index contributed by atoms with van der Waals surface area (Å²) in [5.74, 6) is 0.869. The third-order valence-electron chi connectivity index (χ3n) is 3.34. The van der Waals surface area contributed by atoms with Gasteiger partial charge >= 0.3 is 0 Å². The number of aromatic nitrogens is 2. The lowest BCUT2D eigenvalue weighted by Crippen LogP contribution is -2.18. The molecule has 0 aliphatic heterocycles. The number of halogens is 1. The van der Waals surface area contributed by atoms with Gasteiger partial charge in [-0.2, -0.15) is 5.10 Å². The summed E-state index contributed by atoms with van der Waals surface area (Å²) >= 11 is 3.56. The molecule has 2 rings (SSSR count). The summed E-state index contributed by atoms with van der Waals surface area (Å²) in [7, 11) is 1.95. The second-order valence-corrected chi connectivity index (χ2v) is 6.16. The van der Waals surface area contributed by atoms with Crippen LogP contribution in [0.25, 0.3) is 0 Å². The van der Waals surface area contributed by atoms with Crippen molar-refractivity contribution in [1.82, 2.24) is 9.78 Å². The highest BCUT2D eigenvalue weighted by molar-refractivity contribution is 9.10. The molecule has 0 bridgehead atoms. The van der Waals surface area contributed by atoms with E-state index in [9.17, 15) is 0 Å². The second kappa shape index (κ2) is 7.09. The van der Waals surface area contributed by atoms with Crippen molar-refractivity contribution in [2.45, 2.75) is 39.3 Å². The fourth-order valence-electron chi connectivity index (χ4n) is 2.25. The van der Waals surface area contributed by atoms with E-state index in [-0.39, 0.29) is 6.04 Å². The number of nitrogens with zero attached hydrogens (tertiary/aromatic N) is 2. The smallest absolute Gasteiger partial charge is 0.137 e. The van der Waals surface area contributed by atoms with Gasteiger partial charge in [0.05, 0.1) is 15.9 Å². The van der Waals surface area contributed by atoms with Gasteiger partial charge in [-0.3, -0.25) is 4.68 Å². The number of hydrogen-bond acceptors (Lipinski definition) is 3. The van der Waals surface area contributed by atoms with Crippen LogP contribution in [0.15, 0.2) is 28.7 Å². The molecule has 0 saturated heterocycles. The van der Waals surface area contributed by atoms with E-state index in [4.69, 9.17) is 10.5 Å². The first-order chi connectivity index (χ1) is 10.0. The zero-order valence-electron chi connectivity index (χ0n) is 12.8. The van der Waals surface area contributed by atoms with Gasteiger partial charge in [0.15, 0.2) is 0 Å². The van der Waals surface area contributed by atoms with Crippen molar-refractivity contribution in [1.29, 1.82) is 0 Å². The molecule has 0 fully saturated rings. The molecule has 2 aromatic rings. The van der Waals surface area contributed by atoms with Gasteiger partial charge in [0.2, 0.25) is 0 Å². The van der Waals surface area contributed by atoms with E-state index < -0.39 is 0 Å². The van der Waals surface area contributed by atoms with E-state index in [1.807, 2.05) is 30.8 Å². The van der Waals surface area contributed by atoms with Gasteiger partial charge in [-0.15, -0.1) is 0 Å². The zero-order chi connectivity index (χ0) is 15.4. The lowest BCUT2D eigenvalue weighted by atomic mass is 10.1. The van der Waals surface area contributed by atoms with Gasteiger partial charge in [-0.1, -0.05) is 19.1 Å². The minimum absolute atomic E-state index is 0.102. The van der Waals surface area contributed by atoms with E-state index in [1.165, 1.54) is 0 Å². The van der Waals surface area contributed by atoms with Crippen LogP contribution in [0.4, 0.5) is 0 Å². The van der Waals surface area contributed by atoms with Crippen molar-refractivity contribution in [2.75, 3.05) is 0 Å². The van der Waals surface area contributed by atoms with Crippen LogP contribution in [-0.2, 0) is 26.5 Å². The fraction of sp³-hybridized carbons (Fsp3) is 0.438. The van der Waals surface area contributed by atoms with E-state index in [1.54, 1.807) is 0 Å². The average molecular weight is 352 g/mol. The molecular weight excluding hydrogens is 330 g/mol. The van der Waals surface area contributed by atoms with Crippen LogP contribution in [-0.4, -0.2) is 15.8 Å². The van der Waals surface area contributed by atoms with Gasteiger partial charge in [0, 0.05) is 13.1 Å². The molecule has 1 aromatic heterocycles. The maximum absolute atomic E-state index is 6.03. The first-order valence-corrected chi connectivity index (χ1v) is 7.98. The molecule has 1 unspecified atom stereocenters. The van der Waals surface area contributed by atoms with Crippen molar-refractivity contribution in [3.63, 3.8) is 0 Å². The first kappa shape index (κ1) is 16.0. The van der Waals surface area contributed by atoms with Crippen molar-refractivity contribution < 1.29 is 4.74 Å². The summed E-state index contributed by atoms with van der Waals surface area (Å²) < 4.78 is 8.86. The molecule has 1 atom stereocenters. The van der Waals surface area contributed by atoms with Gasteiger partial charge in [-0.25, -0.2) is 0 Å². The van der Waals surface area contributed by atoms with Crippen LogP contribution in [0.1, 0.15) is 30.8 Å². The van der Waals surface area contributed by atoms with Gasteiger partial charge < -0.3 is 10.5 Å². The van der Waals surface area contributed by atoms with Gasteiger partial charge in [0.25, 0.3) is 0 Å². The normalized spacial score (nSPS) is 12.4. The van der Waals surface area contributed by atoms with Crippen molar-refractivity contribution in [2.24, 2.45) is 12.8 Å². The molecule has 0 saturated carbocycles. The molecule has 0 radical (unpaired) electrons. The molecular formula is C16H22BrN3O. The molecule has 4 nitrogen and oxygen atoms in total. The van der Waals surface area contributed by atoms with E-state index in [0.29, 0.717) is 6.61 Å². The summed E-state index contributed by atoms with van der Waals surface area (Å²) in [4.78, 5) is 0. The summed E-state index contributed by atoms with van der Waals surface area (Å²) in [5.41, 5.74) is 9.18. The molecule has 114 valence electrons. The minimum atomic E-state index is 0.102. The Bertz CT molecular complexity index is 608. The summed E-state index contributed by atoms with van der Waals surface area (Å²) in [6.45, 7) is 4.60. The van der Waals surface area contributed by atoms with Crippen LogP contribution in [0.5, 0.6) is 5.75 Å². The van der Waals surface area contributed by atoms with Crippen LogP contribution >= 0.6 is 15.9 Å². The van der Waals surface area contributed by atoms with Gasteiger partial charge in [0.1, 0.15) is 12.4 Å². The van der Waals surface area contributed by atoms with E-state index in [2.05, 4.69) is 40.1 Å². The minimum Gasteiger partial charge on any atom is -0.486 e. The Kier molecular flexibility index (Phi) is 5.42. The van der Waals surface area contributed by atoms with Crippen molar-refractivity contribution >= 4 is 15.9 Å². The lowest BCUT2D eigenvalue weighted by Gasteiger charge is -2.14. The number of benzene rings is 1. The molecule has 1 aromatic carbocycles. The maximum atomic E-state index is 6.03. The highest BCUT2D eigenvalue weighted by atomic mass is 79.9. The van der Waals surface area contributed by atoms with E-state index in [0.717, 1.165) is 40.0 Å². The third kappa shape index (κ3) is 4.08. The average Bonchev–Trinajstić information content (AvgIpc) is 2.78. The maximum Gasteiger partial charge on any atom is 0.137 e. The highest BCUT2D eigenvalue weighted by Crippen LogP contribution is 2.30. The largest absolute Gasteiger partial charge is 0.486 e. The number of para-hydroxylation sites is 1. The Morgan fingerprint density at radius 1 is 1.43 bits per heavy atom. The molecule has 0 amide bonds. The topological polar surface area (TPSA) is 53.1 Å². The van der Waals surface area contributed by atoms with E-state index >= 15 is 0 Å². The van der Waals surface area contributed by atoms with Crippen LogP contribution < -0.4 is 10.5 Å². The zero-order valence-corrected chi connectivity index (χ0v) is 14.4. The Morgan fingerprint density at radius 3 is 2.81 bits per heavy atom. The third-order valence-corrected chi connectivity index (χ3v) is 3.97. The van der Waals surface area contributed by atoms with Crippen molar-refractivity contribution in [3.05, 3.63) is 45.7 Å². The Balaban J connectivity index is 2.17. The summed E-state index contributed by atoms with van der Waals surface area (Å²) in [5, 5.41) is 4.44. The molecule has 0 spiro atoms. The lowest BCUT2D eigenvalue weighted by molar-refractivity contribution is 0.289. The molecule has 21 heavy (non-hydrogen) atoms. The highest BCUT2D eigenvalue weighted by Gasteiger charge is 2.11. The standard InChI is InChI=1S/C16H22BrN3O/c1-4-13-9-14(20(3)19-13)10-21-16-12(8-11(2)18)6-5-7-15(16)17/h5-7,9,11H,4,8,10,18H2,1-3H3. The predicted octanol–water partition coefficient (Wildman–Crippen LogP) is 3.21. The van der Waals surface area contributed by atoms with Crippen LogP contribution in [0.2, 0.25) is 0 Å². The predicted molar refractivity (Wildman–Crippen MR) is 88.4 cm³/mol. The fourth-order valence-corrected chi connectivity index (χ4v) is 2.77. The van der Waals surface area contributed by atoms with Gasteiger partial charge in [-0.05, 0) is 53.4 Å². The van der Waals surface area contributed by atoms with Crippen LogP contribution in [0, 0.1) is 0 Å². The number of nitrogens with two attached hydrogens (primary N) is 1. The van der Waals surface area contributed by atoms with Crippen molar-refractivity contribution in [3.8, 4) is 5.75 Å². The molecule has 5 heteroatoms. The second-order valence-electron chi connectivity index (χ2n) is 5.30. The molecule has 1 heterocycles. The quantitative estimate of drug-likeness (QED) is 0.869.